The van der Waals surface area contributed by atoms with Crippen molar-refractivity contribution < 1.29 is 19.2 Å². The molecule has 3 aromatic rings. The maximum atomic E-state index is 13.7. The van der Waals surface area contributed by atoms with Gasteiger partial charge >= 0.3 is 6.03 Å². The van der Waals surface area contributed by atoms with Crippen LogP contribution in [0.2, 0.25) is 0 Å². The summed E-state index contributed by atoms with van der Waals surface area (Å²) in [6.07, 6.45) is 0. The third-order valence-corrected chi connectivity index (χ3v) is 6.19. The molecule has 0 aliphatic carbocycles. The molecule has 2 N–H and O–H groups in total. The molecular weight excluding hydrogens is 482 g/mol. The molecule has 9 heteroatoms. The smallest absolute Gasteiger partial charge is 0.320 e. The lowest BCUT2D eigenvalue weighted by Gasteiger charge is -2.30. The standard InChI is InChI=1S/C29H31N5O4/c1-21(2)34(24-16-10-5-11-17-24)25(35)20-32-18-19-33(23-14-8-4-9-15-23)28(37)26(27(32)36)31-29(38)30-22-12-6-3-7-13-22/h3-17,21,26H,18-20H2,1-2H3,(H2,30,31,38). The van der Waals surface area contributed by atoms with Crippen molar-refractivity contribution in [3.63, 3.8) is 0 Å². The summed E-state index contributed by atoms with van der Waals surface area (Å²) in [5, 5.41) is 5.19. The van der Waals surface area contributed by atoms with Gasteiger partial charge in [-0.15, -0.1) is 0 Å². The van der Waals surface area contributed by atoms with E-state index in [4.69, 9.17) is 0 Å². The van der Waals surface area contributed by atoms with Crippen LogP contribution < -0.4 is 20.4 Å². The van der Waals surface area contributed by atoms with E-state index in [0.29, 0.717) is 17.1 Å². The molecule has 196 valence electrons. The van der Waals surface area contributed by atoms with Crippen LogP contribution in [0.1, 0.15) is 13.8 Å². The van der Waals surface area contributed by atoms with Crippen molar-refractivity contribution in [3.8, 4) is 0 Å². The van der Waals surface area contributed by atoms with Crippen LogP contribution in [0, 0.1) is 0 Å². The van der Waals surface area contributed by atoms with Crippen molar-refractivity contribution >= 4 is 40.8 Å². The first-order valence-corrected chi connectivity index (χ1v) is 12.5. The van der Waals surface area contributed by atoms with E-state index < -0.39 is 23.9 Å². The Morgan fingerprint density at radius 1 is 0.842 bits per heavy atom. The minimum absolute atomic E-state index is 0.129. The molecule has 1 aliphatic rings. The quantitative estimate of drug-likeness (QED) is 0.472. The number of para-hydroxylation sites is 3. The second kappa shape index (κ2) is 12.1. The average molecular weight is 514 g/mol. The topological polar surface area (TPSA) is 102 Å². The van der Waals surface area contributed by atoms with Gasteiger partial charge in [0.2, 0.25) is 5.91 Å². The van der Waals surface area contributed by atoms with Crippen molar-refractivity contribution in [2.75, 3.05) is 34.8 Å². The second-order valence-corrected chi connectivity index (χ2v) is 9.18. The van der Waals surface area contributed by atoms with Crippen LogP contribution in [0.15, 0.2) is 91.0 Å². The third kappa shape index (κ3) is 6.18. The molecule has 1 saturated heterocycles. The molecule has 5 amide bonds. The Morgan fingerprint density at radius 3 is 2.03 bits per heavy atom. The third-order valence-electron chi connectivity index (χ3n) is 6.19. The summed E-state index contributed by atoms with van der Waals surface area (Å²) in [5.41, 5.74) is 1.83. The number of carbonyl (C=O) groups excluding carboxylic acids is 4. The summed E-state index contributed by atoms with van der Waals surface area (Å²) in [6.45, 7) is 3.86. The van der Waals surface area contributed by atoms with Crippen LogP contribution in [0.3, 0.4) is 0 Å². The molecule has 38 heavy (non-hydrogen) atoms. The van der Waals surface area contributed by atoms with Crippen LogP contribution in [0.25, 0.3) is 0 Å². The molecule has 3 aromatic carbocycles. The number of benzene rings is 3. The van der Waals surface area contributed by atoms with Gasteiger partial charge in [-0.3, -0.25) is 14.4 Å². The van der Waals surface area contributed by atoms with Gasteiger partial charge in [-0.2, -0.15) is 0 Å². The Morgan fingerprint density at radius 2 is 1.42 bits per heavy atom. The lowest BCUT2D eigenvalue weighted by Crippen LogP contribution is -2.56. The summed E-state index contributed by atoms with van der Waals surface area (Å²) in [5.74, 6) is -1.49. The number of rotatable bonds is 7. The SMILES string of the molecule is CC(C)N(C(=O)CN1CCN(c2ccccc2)C(=O)C(NC(=O)Nc2ccccc2)C1=O)c1ccccc1. The van der Waals surface area contributed by atoms with Crippen LogP contribution in [-0.4, -0.2) is 60.4 Å². The zero-order valence-electron chi connectivity index (χ0n) is 21.4. The number of hydrogen-bond acceptors (Lipinski definition) is 4. The zero-order chi connectivity index (χ0) is 27.1. The molecule has 9 nitrogen and oxygen atoms in total. The van der Waals surface area contributed by atoms with E-state index in [2.05, 4.69) is 10.6 Å². The molecule has 4 rings (SSSR count). The summed E-state index contributed by atoms with van der Waals surface area (Å²) in [7, 11) is 0. The molecule has 1 fully saturated rings. The zero-order valence-corrected chi connectivity index (χ0v) is 21.4. The summed E-state index contributed by atoms with van der Waals surface area (Å²) < 4.78 is 0. The highest BCUT2D eigenvalue weighted by Gasteiger charge is 2.40. The number of anilines is 3. The van der Waals surface area contributed by atoms with Crippen LogP contribution in [0.4, 0.5) is 21.9 Å². The molecule has 1 atom stereocenters. The summed E-state index contributed by atoms with van der Waals surface area (Å²) >= 11 is 0. The highest BCUT2D eigenvalue weighted by molar-refractivity contribution is 6.15. The molecule has 1 aliphatic heterocycles. The minimum Gasteiger partial charge on any atom is -0.329 e. The van der Waals surface area contributed by atoms with Gasteiger partial charge in [0.1, 0.15) is 6.54 Å². The van der Waals surface area contributed by atoms with Crippen LogP contribution in [0.5, 0.6) is 0 Å². The molecule has 0 bridgehead atoms. The van der Waals surface area contributed by atoms with E-state index >= 15 is 0 Å². The monoisotopic (exact) mass is 513 g/mol. The van der Waals surface area contributed by atoms with Gasteiger partial charge in [-0.05, 0) is 50.2 Å². The minimum atomic E-state index is -1.50. The number of urea groups is 1. The van der Waals surface area contributed by atoms with Crippen LogP contribution in [-0.2, 0) is 14.4 Å². The van der Waals surface area contributed by atoms with Crippen molar-refractivity contribution in [2.24, 2.45) is 0 Å². The van der Waals surface area contributed by atoms with E-state index in [1.54, 1.807) is 53.4 Å². The first-order chi connectivity index (χ1) is 18.3. The molecule has 1 unspecified atom stereocenters. The molecule has 0 saturated carbocycles. The van der Waals surface area contributed by atoms with Crippen LogP contribution >= 0.6 is 0 Å². The summed E-state index contributed by atoms with van der Waals surface area (Å²) in [4.78, 5) is 57.9. The lowest BCUT2D eigenvalue weighted by molar-refractivity contribution is -0.139. The maximum absolute atomic E-state index is 13.7. The molecule has 0 radical (unpaired) electrons. The molecule has 0 aromatic heterocycles. The summed E-state index contributed by atoms with van der Waals surface area (Å²) in [6, 6.07) is 24.5. The van der Waals surface area contributed by atoms with E-state index in [0.717, 1.165) is 0 Å². The first kappa shape index (κ1) is 26.4. The fourth-order valence-electron chi connectivity index (χ4n) is 4.41. The van der Waals surface area contributed by atoms with Gasteiger partial charge in [0.25, 0.3) is 11.8 Å². The number of amides is 5. The van der Waals surface area contributed by atoms with E-state index in [-0.39, 0.29) is 31.6 Å². The fraction of sp³-hybridized carbons (Fsp3) is 0.241. The number of nitrogens with zero attached hydrogens (tertiary/aromatic N) is 3. The Balaban J connectivity index is 1.59. The van der Waals surface area contributed by atoms with Crippen molar-refractivity contribution in [1.29, 1.82) is 0 Å². The van der Waals surface area contributed by atoms with Gasteiger partial charge < -0.3 is 25.3 Å². The van der Waals surface area contributed by atoms with Crippen molar-refractivity contribution in [1.82, 2.24) is 10.2 Å². The normalized spacial score (nSPS) is 15.7. The predicted octanol–water partition coefficient (Wildman–Crippen LogP) is 3.49. The Bertz CT molecular complexity index is 1270. The maximum Gasteiger partial charge on any atom is 0.320 e. The van der Waals surface area contributed by atoms with Gasteiger partial charge in [0.05, 0.1) is 0 Å². The van der Waals surface area contributed by atoms with E-state index in [9.17, 15) is 19.2 Å². The van der Waals surface area contributed by atoms with Crippen molar-refractivity contribution in [3.05, 3.63) is 91.0 Å². The average Bonchev–Trinajstić information content (AvgIpc) is 3.02. The van der Waals surface area contributed by atoms with Gasteiger partial charge in [-0.25, -0.2) is 4.79 Å². The van der Waals surface area contributed by atoms with Gasteiger partial charge in [0, 0.05) is 36.2 Å². The van der Waals surface area contributed by atoms with E-state index in [1.807, 2.05) is 56.3 Å². The van der Waals surface area contributed by atoms with Crippen molar-refractivity contribution in [2.45, 2.75) is 25.9 Å². The lowest BCUT2D eigenvalue weighted by atomic mass is 10.2. The Hall–Kier alpha value is -4.66. The fourth-order valence-corrected chi connectivity index (χ4v) is 4.41. The molecule has 1 heterocycles. The molecular formula is C29H31N5O4. The highest BCUT2D eigenvalue weighted by atomic mass is 16.2. The number of nitrogens with one attached hydrogen (secondary N) is 2. The van der Waals surface area contributed by atoms with Gasteiger partial charge in [0.15, 0.2) is 6.04 Å². The second-order valence-electron chi connectivity index (χ2n) is 9.18. The van der Waals surface area contributed by atoms with E-state index in [1.165, 1.54) is 9.80 Å². The Labute approximate surface area is 222 Å². The first-order valence-electron chi connectivity index (χ1n) is 12.5. The number of carbonyl (C=O) groups is 4. The number of hydrogen-bond donors (Lipinski definition) is 2. The van der Waals surface area contributed by atoms with Gasteiger partial charge in [-0.1, -0.05) is 54.6 Å². The molecule has 0 spiro atoms. The highest BCUT2D eigenvalue weighted by Crippen LogP contribution is 2.20. The largest absolute Gasteiger partial charge is 0.329 e. The predicted molar refractivity (Wildman–Crippen MR) is 147 cm³/mol. The Kier molecular flexibility index (Phi) is 8.37.